The van der Waals surface area contributed by atoms with Crippen LogP contribution in [0.25, 0.3) is 0 Å². The lowest BCUT2D eigenvalue weighted by Crippen LogP contribution is -2.38. The molecule has 1 aliphatic carbocycles. The standard InChI is InChI=1S/C14H24O2S2/c1-2-16-13(15)14(17-9-6-10-18-14)11-12-7-4-3-5-8-12/h12H,2-11H2,1H3. The molecule has 2 rings (SSSR count). The van der Waals surface area contributed by atoms with Gasteiger partial charge >= 0.3 is 5.97 Å². The van der Waals surface area contributed by atoms with E-state index < -0.39 is 0 Å². The molecule has 104 valence electrons. The van der Waals surface area contributed by atoms with Gasteiger partial charge in [-0.1, -0.05) is 32.1 Å². The Balaban J connectivity index is 2.00. The van der Waals surface area contributed by atoms with Gasteiger partial charge in [-0.25, -0.2) is 4.79 Å². The monoisotopic (exact) mass is 288 g/mol. The van der Waals surface area contributed by atoms with Crippen molar-refractivity contribution >= 4 is 29.5 Å². The maximum atomic E-state index is 12.3. The number of thioether (sulfide) groups is 2. The van der Waals surface area contributed by atoms with Crippen LogP contribution in [0, 0.1) is 5.92 Å². The third-order valence-electron chi connectivity index (χ3n) is 3.83. The molecule has 4 heteroatoms. The molecule has 0 spiro atoms. The average Bonchev–Trinajstić information content (AvgIpc) is 2.41. The fraction of sp³-hybridized carbons (Fsp3) is 0.929. The van der Waals surface area contributed by atoms with Gasteiger partial charge in [0.2, 0.25) is 0 Å². The van der Waals surface area contributed by atoms with E-state index in [1.165, 1.54) is 38.5 Å². The van der Waals surface area contributed by atoms with Crippen LogP contribution in [0.15, 0.2) is 0 Å². The van der Waals surface area contributed by atoms with Gasteiger partial charge < -0.3 is 4.74 Å². The van der Waals surface area contributed by atoms with Crippen molar-refractivity contribution in [2.45, 2.75) is 55.9 Å². The van der Waals surface area contributed by atoms with E-state index >= 15 is 0 Å². The first-order valence-corrected chi connectivity index (χ1v) is 9.19. The Bertz CT molecular complexity index is 269. The van der Waals surface area contributed by atoms with Crippen LogP contribution in [0.5, 0.6) is 0 Å². The second kappa shape index (κ2) is 7.09. The molecule has 2 nitrogen and oxygen atoms in total. The van der Waals surface area contributed by atoms with Crippen LogP contribution in [0.1, 0.15) is 51.9 Å². The fourth-order valence-corrected chi connectivity index (χ4v) is 6.22. The highest BCUT2D eigenvalue weighted by atomic mass is 32.2. The van der Waals surface area contributed by atoms with Crippen LogP contribution >= 0.6 is 23.5 Å². The zero-order chi connectivity index (χ0) is 12.8. The van der Waals surface area contributed by atoms with Crippen molar-refractivity contribution in [3.05, 3.63) is 0 Å². The first-order chi connectivity index (χ1) is 8.77. The zero-order valence-electron chi connectivity index (χ0n) is 11.3. The third kappa shape index (κ3) is 3.60. The molecule has 0 atom stereocenters. The fourth-order valence-electron chi connectivity index (χ4n) is 2.91. The van der Waals surface area contributed by atoms with Gasteiger partial charge in [0, 0.05) is 0 Å². The molecule has 1 heterocycles. The molecule has 0 bridgehead atoms. The third-order valence-corrected chi connectivity index (χ3v) is 7.12. The number of ether oxygens (including phenoxy) is 1. The lowest BCUT2D eigenvalue weighted by molar-refractivity contribution is -0.143. The number of carbonyl (C=O) groups excluding carboxylic acids is 1. The maximum absolute atomic E-state index is 12.3. The summed E-state index contributed by atoms with van der Waals surface area (Å²) in [6.45, 7) is 2.41. The summed E-state index contributed by atoms with van der Waals surface area (Å²) in [6.07, 6.45) is 8.94. The van der Waals surface area contributed by atoms with E-state index in [0.717, 1.165) is 23.8 Å². The highest BCUT2D eigenvalue weighted by Crippen LogP contribution is 2.49. The topological polar surface area (TPSA) is 26.3 Å². The van der Waals surface area contributed by atoms with Gasteiger partial charge in [0.15, 0.2) is 4.08 Å². The Labute approximate surface area is 119 Å². The molecular formula is C14H24O2S2. The molecule has 1 saturated carbocycles. The van der Waals surface area contributed by atoms with Crippen molar-refractivity contribution in [3.8, 4) is 0 Å². The lowest BCUT2D eigenvalue weighted by Gasteiger charge is -2.37. The van der Waals surface area contributed by atoms with Crippen LogP contribution in [0.2, 0.25) is 0 Å². The van der Waals surface area contributed by atoms with Gasteiger partial charge in [-0.15, -0.1) is 23.5 Å². The summed E-state index contributed by atoms with van der Waals surface area (Å²) >= 11 is 3.68. The van der Waals surface area contributed by atoms with E-state index in [4.69, 9.17) is 4.74 Å². The molecule has 2 fully saturated rings. The van der Waals surface area contributed by atoms with Gasteiger partial charge in [0.25, 0.3) is 0 Å². The van der Waals surface area contributed by atoms with Gasteiger partial charge in [-0.05, 0) is 37.2 Å². The summed E-state index contributed by atoms with van der Waals surface area (Å²) in [5.74, 6) is 2.99. The van der Waals surface area contributed by atoms with Gasteiger partial charge in [0.05, 0.1) is 6.61 Å². The number of esters is 1. The second-order valence-corrected chi connectivity index (χ2v) is 8.28. The lowest BCUT2D eigenvalue weighted by atomic mass is 9.86. The van der Waals surface area contributed by atoms with Crippen molar-refractivity contribution in [1.82, 2.24) is 0 Å². The second-order valence-electron chi connectivity index (χ2n) is 5.23. The normalized spacial score (nSPS) is 24.7. The van der Waals surface area contributed by atoms with Gasteiger partial charge in [0.1, 0.15) is 0 Å². The minimum atomic E-state index is -0.281. The Hall–Kier alpha value is 0.170. The van der Waals surface area contributed by atoms with Crippen molar-refractivity contribution < 1.29 is 9.53 Å². The maximum Gasteiger partial charge on any atom is 0.332 e. The van der Waals surface area contributed by atoms with Crippen molar-refractivity contribution in [1.29, 1.82) is 0 Å². The van der Waals surface area contributed by atoms with E-state index in [1.807, 2.05) is 30.4 Å². The van der Waals surface area contributed by atoms with Crippen molar-refractivity contribution in [2.75, 3.05) is 18.1 Å². The largest absolute Gasteiger partial charge is 0.464 e. The zero-order valence-corrected chi connectivity index (χ0v) is 12.9. The Kier molecular flexibility index (Phi) is 5.74. The first kappa shape index (κ1) is 14.6. The number of hydrogen-bond acceptors (Lipinski definition) is 4. The number of carbonyl (C=O) groups is 1. The predicted molar refractivity (Wildman–Crippen MR) is 80.1 cm³/mol. The number of rotatable bonds is 4. The Morgan fingerprint density at radius 2 is 1.83 bits per heavy atom. The van der Waals surface area contributed by atoms with Crippen LogP contribution in [0.4, 0.5) is 0 Å². The van der Waals surface area contributed by atoms with Crippen molar-refractivity contribution in [3.63, 3.8) is 0 Å². The van der Waals surface area contributed by atoms with Crippen LogP contribution in [0.3, 0.4) is 0 Å². The van der Waals surface area contributed by atoms with Crippen LogP contribution < -0.4 is 0 Å². The highest BCUT2D eigenvalue weighted by molar-refractivity contribution is 8.19. The van der Waals surface area contributed by atoms with E-state index in [0.29, 0.717) is 6.61 Å². The molecule has 0 aromatic heterocycles. The summed E-state index contributed by atoms with van der Waals surface area (Å²) in [4.78, 5) is 12.3. The summed E-state index contributed by atoms with van der Waals surface area (Å²) in [5, 5.41) is 0. The van der Waals surface area contributed by atoms with E-state index in [-0.39, 0.29) is 10.0 Å². The molecule has 0 amide bonds. The SMILES string of the molecule is CCOC(=O)C1(CC2CCCCC2)SCCCS1. The molecule has 18 heavy (non-hydrogen) atoms. The van der Waals surface area contributed by atoms with Crippen LogP contribution in [-0.2, 0) is 9.53 Å². The molecule has 0 aromatic rings. The van der Waals surface area contributed by atoms with E-state index in [1.54, 1.807) is 0 Å². The molecule has 1 saturated heterocycles. The minimum Gasteiger partial charge on any atom is -0.464 e. The molecule has 1 aliphatic heterocycles. The summed E-state index contributed by atoms with van der Waals surface area (Å²) in [5.41, 5.74) is 0. The highest BCUT2D eigenvalue weighted by Gasteiger charge is 2.44. The van der Waals surface area contributed by atoms with E-state index in [2.05, 4.69) is 0 Å². The van der Waals surface area contributed by atoms with Crippen LogP contribution in [-0.4, -0.2) is 28.2 Å². The number of hydrogen-bond donors (Lipinski definition) is 0. The average molecular weight is 288 g/mol. The molecule has 0 N–H and O–H groups in total. The molecule has 0 unspecified atom stereocenters. The smallest absolute Gasteiger partial charge is 0.332 e. The minimum absolute atomic E-state index is 0.0327. The quantitative estimate of drug-likeness (QED) is 0.728. The van der Waals surface area contributed by atoms with E-state index in [9.17, 15) is 4.79 Å². The summed E-state index contributed by atoms with van der Waals surface area (Å²) < 4.78 is 5.06. The summed E-state index contributed by atoms with van der Waals surface area (Å²) in [7, 11) is 0. The Morgan fingerprint density at radius 3 is 2.44 bits per heavy atom. The Morgan fingerprint density at radius 1 is 1.17 bits per heavy atom. The first-order valence-electron chi connectivity index (χ1n) is 7.22. The van der Waals surface area contributed by atoms with Gasteiger partial charge in [-0.2, -0.15) is 0 Å². The molecule has 2 aliphatic rings. The summed E-state index contributed by atoms with van der Waals surface area (Å²) in [6, 6.07) is 0. The molecule has 0 aromatic carbocycles. The predicted octanol–water partition coefficient (Wildman–Crippen LogP) is 4.09. The molecular weight excluding hydrogens is 264 g/mol. The van der Waals surface area contributed by atoms with Gasteiger partial charge in [-0.3, -0.25) is 0 Å². The molecule has 0 radical (unpaired) electrons. The van der Waals surface area contributed by atoms with Crippen molar-refractivity contribution in [2.24, 2.45) is 5.92 Å².